The van der Waals surface area contributed by atoms with Crippen molar-refractivity contribution in [2.24, 2.45) is 0 Å². The van der Waals surface area contributed by atoms with E-state index in [9.17, 15) is 0 Å². The van der Waals surface area contributed by atoms with E-state index in [1.165, 1.54) is 37.1 Å². The van der Waals surface area contributed by atoms with E-state index in [2.05, 4.69) is 72.1 Å². The molecule has 0 saturated heterocycles. The highest BCUT2D eigenvalue weighted by molar-refractivity contribution is 5.22. The molecule has 1 aromatic rings. The first-order valence-corrected chi connectivity index (χ1v) is 9.35. The number of nitrogens with zero attached hydrogens (tertiary/aromatic N) is 4. The van der Waals surface area contributed by atoms with Gasteiger partial charge in [-0.1, -0.05) is 24.3 Å². The Balaban J connectivity index is 1.96. The van der Waals surface area contributed by atoms with Crippen LogP contribution in [-0.2, 0) is 13.1 Å². The fourth-order valence-electron chi connectivity index (χ4n) is 3.32. The van der Waals surface area contributed by atoms with Crippen LogP contribution in [0.2, 0.25) is 0 Å². The van der Waals surface area contributed by atoms with E-state index in [0.29, 0.717) is 0 Å². The Hall–Kier alpha value is -0.940. The summed E-state index contributed by atoms with van der Waals surface area (Å²) in [4.78, 5) is 9.80. The lowest BCUT2D eigenvalue weighted by Crippen LogP contribution is -2.34. The van der Waals surface area contributed by atoms with Gasteiger partial charge in [-0.2, -0.15) is 0 Å². The van der Waals surface area contributed by atoms with Gasteiger partial charge in [-0.3, -0.25) is 0 Å². The Kier molecular flexibility index (Phi) is 8.19. The van der Waals surface area contributed by atoms with E-state index in [1.54, 1.807) is 0 Å². The molecule has 1 aromatic carbocycles. The quantitative estimate of drug-likeness (QED) is 0.722. The highest BCUT2D eigenvalue weighted by Gasteiger charge is 2.07. The SMILES string of the molecule is CN1CCCN(C)Cc2ccc(cc2)CN(C)CCCN(C)CC1. The minimum absolute atomic E-state index is 1.04. The largest absolute Gasteiger partial charge is 0.305 e. The van der Waals surface area contributed by atoms with Gasteiger partial charge in [0.2, 0.25) is 0 Å². The molecule has 4 heteroatoms. The standard InChI is InChI=1S/C20H36N4/c1-21-11-5-13-23(3)17-19-7-9-20(10-8-19)18-24(4)14-6-12-22(2)16-15-21/h7-10H,5-6,11-18H2,1-4H3. The summed E-state index contributed by atoms with van der Waals surface area (Å²) < 4.78 is 0. The van der Waals surface area contributed by atoms with Crippen molar-refractivity contribution in [2.45, 2.75) is 25.9 Å². The summed E-state index contributed by atoms with van der Waals surface area (Å²) in [6.45, 7) is 9.09. The first kappa shape index (κ1) is 19.4. The summed E-state index contributed by atoms with van der Waals surface area (Å²) in [5, 5.41) is 0. The zero-order valence-corrected chi connectivity index (χ0v) is 16.2. The summed E-state index contributed by atoms with van der Waals surface area (Å²) in [6, 6.07) is 9.18. The molecular weight excluding hydrogens is 296 g/mol. The Morgan fingerprint density at radius 2 is 0.833 bits per heavy atom. The van der Waals surface area contributed by atoms with Gasteiger partial charge >= 0.3 is 0 Å². The fourth-order valence-corrected chi connectivity index (χ4v) is 3.32. The molecule has 2 heterocycles. The van der Waals surface area contributed by atoms with Crippen LogP contribution in [0.3, 0.4) is 0 Å². The van der Waals surface area contributed by atoms with Gasteiger partial charge in [0.15, 0.2) is 0 Å². The molecule has 0 radical (unpaired) electrons. The van der Waals surface area contributed by atoms with Crippen molar-refractivity contribution >= 4 is 0 Å². The molecule has 0 amide bonds. The summed E-state index contributed by atoms with van der Waals surface area (Å²) >= 11 is 0. The Morgan fingerprint density at radius 3 is 1.21 bits per heavy atom. The molecule has 136 valence electrons. The molecule has 0 saturated carbocycles. The average Bonchev–Trinajstić information content (AvgIpc) is 2.54. The lowest BCUT2D eigenvalue weighted by Gasteiger charge is -2.24. The van der Waals surface area contributed by atoms with Gasteiger partial charge < -0.3 is 19.6 Å². The van der Waals surface area contributed by atoms with Gasteiger partial charge in [0.1, 0.15) is 0 Å². The van der Waals surface area contributed by atoms with E-state index in [4.69, 9.17) is 0 Å². The second-order valence-corrected chi connectivity index (χ2v) is 7.61. The third kappa shape index (κ3) is 7.31. The van der Waals surface area contributed by atoms with Crippen LogP contribution < -0.4 is 0 Å². The van der Waals surface area contributed by atoms with Crippen LogP contribution in [-0.4, -0.2) is 87.1 Å². The Morgan fingerprint density at radius 1 is 0.500 bits per heavy atom. The topological polar surface area (TPSA) is 13.0 Å². The summed E-state index contributed by atoms with van der Waals surface area (Å²) in [5.74, 6) is 0. The Bertz CT molecular complexity index is 416. The predicted octanol–water partition coefficient (Wildman–Crippen LogP) is 2.21. The molecule has 2 bridgehead atoms. The summed E-state index contributed by atoms with van der Waals surface area (Å²) in [6.07, 6.45) is 2.47. The third-order valence-corrected chi connectivity index (χ3v) is 4.95. The molecule has 0 N–H and O–H groups in total. The number of benzene rings is 1. The molecule has 3 rings (SSSR count). The maximum absolute atomic E-state index is 2.47. The number of hydrogen-bond acceptors (Lipinski definition) is 4. The van der Waals surface area contributed by atoms with Crippen LogP contribution in [0.15, 0.2) is 24.3 Å². The normalized spacial score (nSPS) is 22.3. The van der Waals surface area contributed by atoms with E-state index in [-0.39, 0.29) is 0 Å². The minimum atomic E-state index is 1.04. The minimum Gasteiger partial charge on any atom is -0.305 e. The second kappa shape index (κ2) is 10.1. The number of fused-ring (bicyclic) bond motifs is 15. The molecule has 4 nitrogen and oxygen atoms in total. The van der Waals surface area contributed by atoms with E-state index in [1.807, 2.05) is 0 Å². The van der Waals surface area contributed by atoms with Gasteiger partial charge in [-0.25, -0.2) is 0 Å². The van der Waals surface area contributed by atoms with Crippen molar-refractivity contribution in [1.82, 2.24) is 19.6 Å². The maximum Gasteiger partial charge on any atom is 0.0230 e. The van der Waals surface area contributed by atoms with Gasteiger partial charge in [0.25, 0.3) is 0 Å². The molecular formula is C20H36N4. The lowest BCUT2D eigenvalue weighted by atomic mass is 10.1. The van der Waals surface area contributed by atoms with Crippen LogP contribution in [0.1, 0.15) is 24.0 Å². The van der Waals surface area contributed by atoms with Gasteiger partial charge in [0, 0.05) is 26.2 Å². The zero-order valence-electron chi connectivity index (χ0n) is 16.2. The van der Waals surface area contributed by atoms with Crippen molar-refractivity contribution in [3.63, 3.8) is 0 Å². The van der Waals surface area contributed by atoms with Crippen molar-refractivity contribution < 1.29 is 0 Å². The van der Waals surface area contributed by atoms with Crippen LogP contribution in [0.25, 0.3) is 0 Å². The molecule has 2 aliphatic heterocycles. The molecule has 0 spiro atoms. The molecule has 0 unspecified atom stereocenters. The molecule has 0 aromatic heterocycles. The zero-order chi connectivity index (χ0) is 17.4. The van der Waals surface area contributed by atoms with E-state index < -0.39 is 0 Å². The van der Waals surface area contributed by atoms with E-state index >= 15 is 0 Å². The van der Waals surface area contributed by atoms with Crippen LogP contribution in [0.5, 0.6) is 0 Å². The predicted molar refractivity (Wildman–Crippen MR) is 103 cm³/mol. The Labute approximate surface area is 149 Å². The smallest absolute Gasteiger partial charge is 0.0230 e. The van der Waals surface area contributed by atoms with Crippen molar-refractivity contribution in [3.8, 4) is 0 Å². The molecule has 0 fully saturated rings. The van der Waals surface area contributed by atoms with Crippen LogP contribution >= 0.6 is 0 Å². The summed E-state index contributed by atoms with van der Waals surface area (Å²) in [7, 11) is 8.96. The summed E-state index contributed by atoms with van der Waals surface area (Å²) in [5.41, 5.74) is 2.83. The monoisotopic (exact) mass is 332 g/mol. The van der Waals surface area contributed by atoms with Crippen LogP contribution in [0.4, 0.5) is 0 Å². The van der Waals surface area contributed by atoms with Gasteiger partial charge in [-0.15, -0.1) is 0 Å². The molecule has 0 atom stereocenters. The fraction of sp³-hybridized carbons (Fsp3) is 0.700. The maximum atomic E-state index is 2.47. The van der Waals surface area contributed by atoms with Crippen molar-refractivity contribution in [3.05, 3.63) is 35.4 Å². The number of hydrogen-bond donors (Lipinski definition) is 0. The first-order valence-electron chi connectivity index (χ1n) is 9.35. The van der Waals surface area contributed by atoms with Gasteiger partial charge in [0.05, 0.1) is 0 Å². The molecule has 0 aliphatic carbocycles. The first-order chi connectivity index (χ1) is 11.5. The van der Waals surface area contributed by atoms with Crippen molar-refractivity contribution in [2.75, 3.05) is 67.5 Å². The highest BCUT2D eigenvalue weighted by Crippen LogP contribution is 2.09. The molecule has 24 heavy (non-hydrogen) atoms. The molecule has 2 aliphatic rings. The highest BCUT2D eigenvalue weighted by atomic mass is 15.2. The third-order valence-electron chi connectivity index (χ3n) is 4.95. The van der Waals surface area contributed by atoms with Crippen LogP contribution in [0, 0.1) is 0 Å². The van der Waals surface area contributed by atoms with E-state index in [0.717, 1.165) is 39.3 Å². The number of rotatable bonds is 0. The second-order valence-electron chi connectivity index (χ2n) is 7.61. The average molecular weight is 333 g/mol. The van der Waals surface area contributed by atoms with Crippen molar-refractivity contribution in [1.29, 1.82) is 0 Å². The van der Waals surface area contributed by atoms with Gasteiger partial charge in [-0.05, 0) is 78.3 Å². The lowest BCUT2D eigenvalue weighted by molar-refractivity contribution is 0.228. The number of likely N-dealkylation sites (N-methyl/N-ethyl adjacent to an activating group) is 2.